The molecule has 33 heavy (non-hydrogen) atoms. The molecule has 0 radical (unpaired) electrons. The Kier molecular flexibility index (Phi) is 6.99. The van der Waals surface area contributed by atoms with Crippen molar-refractivity contribution in [1.82, 2.24) is 20.2 Å². The van der Waals surface area contributed by atoms with Crippen LogP contribution in [0.2, 0.25) is 0 Å². The highest BCUT2D eigenvalue weighted by atomic mass is 16.5. The number of phenols is 1. The van der Waals surface area contributed by atoms with Crippen molar-refractivity contribution >= 4 is 23.4 Å². The van der Waals surface area contributed by atoms with Gasteiger partial charge in [0.1, 0.15) is 11.6 Å². The van der Waals surface area contributed by atoms with Crippen molar-refractivity contribution in [3.63, 3.8) is 0 Å². The SMILES string of the molecule is COCC=Cc1nccc(N2CCN(c3cc(-c4ccccc4O)nnc3N)CC[C@H]2C)n1. The molecule has 1 fully saturated rings. The van der Waals surface area contributed by atoms with Gasteiger partial charge in [-0.3, -0.25) is 0 Å². The van der Waals surface area contributed by atoms with E-state index in [9.17, 15) is 5.11 Å². The molecule has 1 aromatic carbocycles. The Labute approximate surface area is 193 Å². The number of methoxy groups -OCH3 is 1. The van der Waals surface area contributed by atoms with Gasteiger partial charge in [-0.2, -0.15) is 0 Å². The van der Waals surface area contributed by atoms with Crippen LogP contribution in [-0.2, 0) is 4.74 Å². The number of hydrogen-bond donors (Lipinski definition) is 2. The van der Waals surface area contributed by atoms with Gasteiger partial charge < -0.3 is 25.4 Å². The normalized spacial score (nSPS) is 16.8. The van der Waals surface area contributed by atoms with E-state index >= 15 is 0 Å². The number of aromatic hydroxyl groups is 1. The molecule has 3 aromatic rings. The first-order valence-corrected chi connectivity index (χ1v) is 11.0. The van der Waals surface area contributed by atoms with E-state index in [1.165, 1.54) is 0 Å². The summed E-state index contributed by atoms with van der Waals surface area (Å²) in [5, 5.41) is 18.6. The zero-order valence-electron chi connectivity index (χ0n) is 18.9. The molecule has 0 aliphatic carbocycles. The summed E-state index contributed by atoms with van der Waals surface area (Å²) in [7, 11) is 1.66. The number of nitrogens with zero attached hydrogens (tertiary/aromatic N) is 6. The predicted molar refractivity (Wildman–Crippen MR) is 130 cm³/mol. The van der Waals surface area contributed by atoms with Crippen LogP contribution in [-0.4, -0.2) is 64.7 Å². The molecule has 4 rings (SSSR count). The molecule has 0 unspecified atom stereocenters. The Morgan fingerprint density at radius 1 is 1.18 bits per heavy atom. The fourth-order valence-electron chi connectivity index (χ4n) is 3.96. The standard InChI is InChI=1S/C24H29N7O2/c1-17-10-12-30(13-14-31(17)23-9-11-26-22(27-23)8-5-15-33-2)20-16-19(28-29-24(20)25)18-6-3-4-7-21(18)32/h3-9,11,16-17,32H,10,12-15H2,1-2H3,(H2,25,29)/t17-/m1/s1. The third-order valence-corrected chi connectivity index (χ3v) is 5.77. The number of hydrogen-bond acceptors (Lipinski definition) is 9. The number of para-hydroxylation sites is 1. The molecule has 9 heteroatoms. The number of rotatable bonds is 6. The molecule has 172 valence electrons. The quantitative estimate of drug-likeness (QED) is 0.588. The Hall–Kier alpha value is -3.72. The van der Waals surface area contributed by atoms with Gasteiger partial charge in [0.25, 0.3) is 0 Å². The first-order valence-electron chi connectivity index (χ1n) is 11.0. The van der Waals surface area contributed by atoms with Crippen LogP contribution in [0.1, 0.15) is 19.2 Å². The van der Waals surface area contributed by atoms with Crippen LogP contribution in [0, 0.1) is 0 Å². The summed E-state index contributed by atoms with van der Waals surface area (Å²) in [5.41, 5.74) is 8.26. The van der Waals surface area contributed by atoms with Crippen LogP contribution in [0.25, 0.3) is 17.3 Å². The molecular formula is C24H29N7O2. The van der Waals surface area contributed by atoms with Crippen molar-refractivity contribution in [3.05, 3.63) is 54.5 Å². The number of nitrogens with two attached hydrogens (primary N) is 1. The van der Waals surface area contributed by atoms with E-state index in [-0.39, 0.29) is 11.8 Å². The largest absolute Gasteiger partial charge is 0.507 e. The molecule has 3 N–H and O–H groups in total. The fourth-order valence-corrected chi connectivity index (χ4v) is 3.96. The molecule has 0 spiro atoms. The maximum Gasteiger partial charge on any atom is 0.169 e. The van der Waals surface area contributed by atoms with Crippen LogP contribution in [0.5, 0.6) is 5.75 Å². The van der Waals surface area contributed by atoms with Gasteiger partial charge in [0.15, 0.2) is 11.6 Å². The molecule has 1 atom stereocenters. The third-order valence-electron chi connectivity index (χ3n) is 5.77. The second-order valence-corrected chi connectivity index (χ2v) is 7.97. The summed E-state index contributed by atoms with van der Waals surface area (Å²) in [6, 6.07) is 11.2. The van der Waals surface area contributed by atoms with Crippen molar-refractivity contribution < 1.29 is 9.84 Å². The third kappa shape index (κ3) is 5.20. The molecule has 1 saturated heterocycles. The van der Waals surface area contributed by atoms with E-state index in [0.717, 1.165) is 37.6 Å². The van der Waals surface area contributed by atoms with Gasteiger partial charge in [0.2, 0.25) is 0 Å². The number of nitrogen functional groups attached to an aromatic ring is 1. The second kappa shape index (κ2) is 10.3. The first-order chi connectivity index (χ1) is 16.1. The Bertz CT molecular complexity index is 1120. The lowest BCUT2D eigenvalue weighted by Gasteiger charge is -2.28. The van der Waals surface area contributed by atoms with Gasteiger partial charge in [-0.15, -0.1) is 10.2 Å². The highest BCUT2D eigenvalue weighted by Crippen LogP contribution is 2.32. The van der Waals surface area contributed by atoms with Gasteiger partial charge in [-0.05, 0) is 43.7 Å². The molecule has 0 bridgehead atoms. The number of ether oxygens (including phenoxy) is 1. The van der Waals surface area contributed by atoms with Crippen molar-refractivity contribution in [2.24, 2.45) is 0 Å². The summed E-state index contributed by atoms with van der Waals surface area (Å²) in [6.45, 7) is 5.06. The van der Waals surface area contributed by atoms with Gasteiger partial charge in [0.05, 0.1) is 18.0 Å². The maximum absolute atomic E-state index is 10.2. The van der Waals surface area contributed by atoms with Crippen molar-refractivity contribution in [3.8, 4) is 17.0 Å². The van der Waals surface area contributed by atoms with Crippen LogP contribution in [0.3, 0.4) is 0 Å². The topological polar surface area (TPSA) is 114 Å². The zero-order valence-corrected chi connectivity index (χ0v) is 18.9. The molecule has 3 heterocycles. The fraction of sp³-hybridized carbons (Fsp3) is 0.333. The smallest absolute Gasteiger partial charge is 0.169 e. The number of anilines is 3. The number of benzene rings is 1. The van der Waals surface area contributed by atoms with Crippen molar-refractivity contribution in [2.45, 2.75) is 19.4 Å². The molecule has 1 aliphatic rings. The predicted octanol–water partition coefficient (Wildman–Crippen LogP) is 2.99. The highest BCUT2D eigenvalue weighted by Gasteiger charge is 2.24. The monoisotopic (exact) mass is 447 g/mol. The van der Waals surface area contributed by atoms with E-state index in [1.54, 1.807) is 25.4 Å². The minimum Gasteiger partial charge on any atom is -0.507 e. The average Bonchev–Trinajstić information content (AvgIpc) is 3.02. The lowest BCUT2D eigenvalue weighted by molar-refractivity contribution is 0.234. The van der Waals surface area contributed by atoms with Gasteiger partial charge >= 0.3 is 0 Å². The van der Waals surface area contributed by atoms with Gasteiger partial charge in [-0.1, -0.05) is 18.2 Å². The molecule has 0 amide bonds. The van der Waals surface area contributed by atoms with Crippen LogP contribution in [0.15, 0.2) is 48.7 Å². The van der Waals surface area contributed by atoms with Crippen molar-refractivity contribution in [1.29, 1.82) is 0 Å². The maximum atomic E-state index is 10.2. The minimum atomic E-state index is 0.164. The summed E-state index contributed by atoms with van der Waals surface area (Å²) in [4.78, 5) is 13.6. The lowest BCUT2D eigenvalue weighted by Crippen LogP contribution is -2.35. The summed E-state index contributed by atoms with van der Waals surface area (Å²) >= 11 is 0. The zero-order chi connectivity index (χ0) is 23.2. The van der Waals surface area contributed by atoms with E-state index < -0.39 is 0 Å². The van der Waals surface area contributed by atoms with Crippen LogP contribution < -0.4 is 15.5 Å². The Morgan fingerprint density at radius 2 is 2.03 bits per heavy atom. The van der Waals surface area contributed by atoms with E-state index in [0.29, 0.717) is 29.5 Å². The van der Waals surface area contributed by atoms with Crippen LogP contribution >= 0.6 is 0 Å². The number of phenolic OH excluding ortho intramolecular Hbond substituents is 1. The first kappa shape index (κ1) is 22.5. The molecular weight excluding hydrogens is 418 g/mol. The molecule has 0 saturated carbocycles. The van der Waals surface area contributed by atoms with E-state index in [1.807, 2.05) is 36.4 Å². The highest BCUT2D eigenvalue weighted by molar-refractivity contribution is 5.74. The molecule has 2 aromatic heterocycles. The summed E-state index contributed by atoms with van der Waals surface area (Å²) in [6.07, 6.45) is 6.47. The van der Waals surface area contributed by atoms with Crippen molar-refractivity contribution in [2.75, 3.05) is 48.9 Å². The minimum absolute atomic E-state index is 0.164. The summed E-state index contributed by atoms with van der Waals surface area (Å²) in [5.74, 6) is 2.10. The molecule has 9 nitrogen and oxygen atoms in total. The van der Waals surface area contributed by atoms with E-state index in [4.69, 9.17) is 15.5 Å². The average molecular weight is 448 g/mol. The second-order valence-electron chi connectivity index (χ2n) is 7.97. The molecule has 1 aliphatic heterocycles. The lowest BCUT2D eigenvalue weighted by atomic mass is 10.1. The van der Waals surface area contributed by atoms with Crippen LogP contribution in [0.4, 0.5) is 17.3 Å². The number of aromatic nitrogens is 4. The Morgan fingerprint density at radius 3 is 2.85 bits per heavy atom. The van der Waals surface area contributed by atoms with E-state index in [2.05, 4.69) is 31.9 Å². The Balaban J connectivity index is 1.55. The van der Waals surface area contributed by atoms with Gasteiger partial charge in [0, 0.05) is 44.5 Å². The van der Waals surface area contributed by atoms with Gasteiger partial charge in [-0.25, -0.2) is 9.97 Å². The summed E-state index contributed by atoms with van der Waals surface area (Å²) < 4.78 is 5.06.